The lowest BCUT2D eigenvalue weighted by atomic mass is 10.1. The Kier molecular flexibility index (Phi) is 6.44. The smallest absolute Gasteiger partial charge is 0.418 e. The molecule has 0 aliphatic rings. The van der Waals surface area contributed by atoms with E-state index in [1.807, 2.05) is 6.92 Å². The van der Waals surface area contributed by atoms with Gasteiger partial charge in [0.2, 0.25) is 0 Å². The summed E-state index contributed by atoms with van der Waals surface area (Å²) in [6.45, 7) is 1.93. The molecule has 2 aromatic carbocycles. The lowest BCUT2D eigenvalue weighted by molar-refractivity contribution is -0.137. The van der Waals surface area contributed by atoms with Crippen LogP contribution in [0.1, 0.15) is 24.7 Å². The van der Waals surface area contributed by atoms with Crippen molar-refractivity contribution in [1.82, 2.24) is 14.8 Å². The first-order chi connectivity index (χ1) is 13.8. The quantitative estimate of drug-likeness (QED) is 0.487. The molecule has 1 aromatic heterocycles. The van der Waals surface area contributed by atoms with Gasteiger partial charge in [-0.1, -0.05) is 18.5 Å². The van der Waals surface area contributed by atoms with Crippen LogP contribution in [0.15, 0.2) is 48.8 Å². The third kappa shape index (κ3) is 5.07. The van der Waals surface area contributed by atoms with Gasteiger partial charge in [0, 0.05) is 18.6 Å². The summed E-state index contributed by atoms with van der Waals surface area (Å²) in [5.41, 5.74) is -0.999. The molecule has 3 aromatic rings. The first-order valence-corrected chi connectivity index (χ1v) is 9.26. The van der Waals surface area contributed by atoms with Gasteiger partial charge < -0.3 is 9.47 Å². The molecule has 0 saturated carbocycles. The Hall–Kier alpha value is -2.58. The van der Waals surface area contributed by atoms with Crippen LogP contribution in [0.5, 0.6) is 11.5 Å². The Morgan fingerprint density at radius 3 is 2.41 bits per heavy atom. The molecule has 154 valence electrons. The summed E-state index contributed by atoms with van der Waals surface area (Å²) in [7, 11) is 1.55. The van der Waals surface area contributed by atoms with Crippen LogP contribution in [0.2, 0.25) is 5.02 Å². The van der Waals surface area contributed by atoms with E-state index in [2.05, 4.69) is 10.1 Å². The van der Waals surface area contributed by atoms with Gasteiger partial charge in [-0.2, -0.15) is 18.3 Å². The highest BCUT2D eigenvalue weighted by molar-refractivity contribution is 6.30. The topological polar surface area (TPSA) is 49.2 Å². The van der Waals surface area contributed by atoms with E-state index in [0.717, 1.165) is 6.07 Å². The van der Waals surface area contributed by atoms with Gasteiger partial charge >= 0.3 is 6.18 Å². The second-order valence-electron chi connectivity index (χ2n) is 6.29. The highest BCUT2D eigenvalue weighted by Gasteiger charge is 2.35. The molecule has 0 aliphatic heterocycles. The fourth-order valence-corrected chi connectivity index (χ4v) is 2.96. The lowest BCUT2D eigenvalue weighted by Gasteiger charge is -2.17. The van der Waals surface area contributed by atoms with Crippen molar-refractivity contribution in [2.75, 3.05) is 7.11 Å². The predicted molar refractivity (Wildman–Crippen MR) is 103 cm³/mol. The standard InChI is InChI=1S/C20H19ClF3N3O2/c1-3-14(28-2)11-19-25-12-26-27(19)18-9-8-16(10-17(18)20(22,23)24)29-15-6-4-13(21)5-7-15/h4-10,12,14H,3,11H2,1-2H3. The Morgan fingerprint density at radius 1 is 1.10 bits per heavy atom. The number of nitrogens with zero attached hydrogens (tertiary/aromatic N) is 3. The SMILES string of the molecule is CCC(Cc1ncnn1-c1ccc(Oc2ccc(Cl)cc2)cc1C(F)(F)F)OC. The van der Waals surface area contributed by atoms with E-state index in [1.54, 1.807) is 31.4 Å². The largest absolute Gasteiger partial charge is 0.457 e. The van der Waals surface area contributed by atoms with Crippen molar-refractivity contribution in [1.29, 1.82) is 0 Å². The van der Waals surface area contributed by atoms with E-state index in [9.17, 15) is 13.2 Å². The van der Waals surface area contributed by atoms with Gasteiger partial charge in [-0.05, 0) is 48.9 Å². The van der Waals surface area contributed by atoms with E-state index in [1.165, 1.54) is 23.1 Å². The molecule has 29 heavy (non-hydrogen) atoms. The van der Waals surface area contributed by atoms with Crippen molar-refractivity contribution in [2.24, 2.45) is 0 Å². The molecule has 0 fully saturated rings. The van der Waals surface area contributed by atoms with Crippen LogP contribution in [0.4, 0.5) is 13.2 Å². The van der Waals surface area contributed by atoms with Crippen LogP contribution in [0.3, 0.4) is 0 Å². The number of ether oxygens (including phenoxy) is 2. The summed E-state index contributed by atoms with van der Waals surface area (Å²) in [6, 6.07) is 10.1. The second-order valence-corrected chi connectivity index (χ2v) is 6.73. The Morgan fingerprint density at radius 2 is 1.79 bits per heavy atom. The average molecular weight is 426 g/mol. The van der Waals surface area contributed by atoms with Crippen LogP contribution in [-0.2, 0) is 17.3 Å². The van der Waals surface area contributed by atoms with Crippen LogP contribution in [0, 0.1) is 0 Å². The molecule has 5 nitrogen and oxygen atoms in total. The zero-order valence-corrected chi connectivity index (χ0v) is 16.5. The molecule has 1 atom stereocenters. The first kappa shape index (κ1) is 21.1. The third-order valence-electron chi connectivity index (χ3n) is 4.37. The Balaban J connectivity index is 1.98. The molecular formula is C20H19ClF3N3O2. The highest BCUT2D eigenvalue weighted by Crippen LogP contribution is 2.37. The van der Waals surface area contributed by atoms with Crippen LogP contribution in [0.25, 0.3) is 5.69 Å². The zero-order chi connectivity index (χ0) is 21.0. The summed E-state index contributed by atoms with van der Waals surface area (Å²) >= 11 is 5.82. The molecule has 0 bridgehead atoms. The summed E-state index contributed by atoms with van der Waals surface area (Å²) in [5.74, 6) is 0.812. The van der Waals surface area contributed by atoms with Gasteiger partial charge in [0.25, 0.3) is 0 Å². The third-order valence-corrected chi connectivity index (χ3v) is 4.62. The van der Waals surface area contributed by atoms with Crippen LogP contribution >= 0.6 is 11.6 Å². The number of hydrogen-bond acceptors (Lipinski definition) is 4. The molecule has 0 saturated heterocycles. The molecule has 0 aliphatic carbocycles. The monoisotopic (exact) mass is 425 g/mol. The molecule has 0 spiro atoms. The van der Waals surface area contributed by atoms with Crippen LogP contribution < -0.4 is 4.74 Å². The minimum atomic E-state index is -4.61. The van der Waals surface area contributed by atoms with Crippen molar-refractivity contribution in [3.63, 3.8) is 0 Å². The Bertz CT molecular complexity index is 954. The molecule has 0 radical (unpaired) electrons. The molecule has 0 amide bonds. The zero-order valence-electron chi connectivity index (χ0n) is 15.8. The maximum Gasteiger partial charge on any atom is 0.418 e. The minimum absolute atomic E-state index is 0.0494. The highest BCUT2D eigenvalue weighted by atomic mass is 35.5. The summed E-state index contributed by atoms with van der Waals surface area (Å²) in [6.07, 6.45) is -2.50. The van der Waals surface area contributed by atoms with Crippen molar-refractivity contribution in [2.45, 2.75) is 32.0 Å². The van der Waals surface area contributed by atoms with Crippen LogP contribution in [-0.4, -0.2) is 28.0 Å². The molecule has 1 unspecified atom stereocenters. The van der Waals surface area contributed by atoms with Gasteiger partial charge in [0.1, 0.15) is 23.7 Å². The first-order valence-electron chi connectivity index (χ1n) is 8.88. The molecular weight excluding hydrogens is 407 g/mol. The van der Waals surface area contributed by atoms with Gasteiger partial charge in [0.05, 0.1) is 17.4 Å². The second kappa shape index (κ2) is 8.84. The van der Waals surface area contributed by atoms with Crippen molar-refractivity contribution in [3.05, 3.63) is 65.2 Å². The van der Waals surface area contributed by atoms with Gasteiger partial charge in [-0.25, -0.2) is 9.67 Å². The average Bonchev–Trinajstić information content (AvgIpc) is 3.15. The maximum atomic E-state index is 13.8. The van der Waals surface area contributed by atoms with E-state index in [4.69, 9.17) is 21.1 Å². The summed E-state index contributed by atoms with van der Waals surface area (Å²) < 4.78 is 53.4. The predicted octanol–water partition coefficient (Wildman–Crippen LogP) is 5.70. The van der Waals surface area contributed by atoms with E-state index in [0.29, 0.717) is 29.4 Å². The number of rotatable bonds is 7. The molecule has 0 N–H and O–H groups in total. The van der Waals surface area contributed by atoms with Crippen molar-refractivity contribution >= 4 is 11.6 Å². The maximum absolute atomic E-state index is 13.8. The van der Waals surface area contributed by atoms with Gasteiger partial charge in [0.15, 0.2) is 0 Å². The number of alkyl halides is 3. The van der Waals surface area contributed by atoms with Gasteiger partial charge in [-0.3, -0.25) is 0 Å². The van der Waals surface area contributed by atoms with E-state index in [-0.39, 0.29) is 17.5 Å². The number of halogens is 4. The number of benzene rings is 2. The van der Waals surface area contributed by atoms with Gasteiger partial charge in [-0.15, -0.1) is 0 Å². The summed E-state index contributed by atoms with van der Waals surface area (Å²) in [4.78, 5) is 4.11. The fourth-order valence-electron chi connectivity index (χ4n) is 2.83. The number of hydrogen-bond donors (Lipinski definition) is 0. The fraction of sp³-hybridized carbons (Fsp3) is 0.300. The van der Waals surface area contributed by atoms with E-state index < -0.39 is 11.7 Å². The normalized spacial score (nSPS) is 12.8. The molecule has 9 heteroatoms. The van der Waals surface area contributed by atoms with E-state index >= 15 is 0 Å². The van der Waals surface area contributed by atoms with Crippen molar-refractivity contribution in [3.8, 4) is 17.2 Å². The molecule has 3 rings (SSSR count). The minimum Gasteiger partial charge on any atom is -0.457 e. The number of methoxy groups -OCH3 is 1. The number of aromatic nitrogens is 3. The summed E-state index contributed by atoms with van der Waals surface area (Å²) in [5, 5.41) is 4.50. The lowest BCUT2D eigenvalue weighted by Crippen LogP contribution is -2.18. The van der Waals surface area contributed by atoms with Crippen molar-refractivity contribution < 1.29 is 22.6 Å². The molecule has 1 heterocycles. The Labute approximate surface area is 171 Å².